The van der Waals surface area contributed by atoms with Crippen LogP contribution in [0.25, 0.3) is 10.8 Å². The van der Waals surface area contributed by atoms with Gasteiger partial charge in [-0.1, -0.05) is 27.7 Å². The SMILES string of the molecule is CC.CC.Cc1ncc2cc3c(cc2c1C)OCCO3. The van der Waals surface area contributed by atoms with Crippen molar-refractivity contribution in [1.29, 1.82) is 0 Å². The number of rotatable bonds is 0. The molecule has 3 nitrogen and oxygen atoms in total. The van der Waals surface area contributed by atoms with Gasteiger partial charge in [0.2, 0.25) is 0 Å². The van der Waals surface area contributed by atoms with Crippen LogP contribution in [0.15, 0.2) is 18.3 Å². The van der Waals surface area contributed by atoms with Gasteiger partial charge in [0.25, 0.3) is 0 Å². The van der Waals surface area contributed by atoms with Crippen LogP contribution in [-0.4, -0.2) is 18.2 Å². The predicted molar refractivity (Wildman–Crippen MR) is 84.9 cm³/mol. The van der Waals surface area contributed by atoms with Gasteiger partial charge in [0, 0.05) is 17.3 Å². The second-order valence-corrected chi connectivity index (χ2v) is 4.05. The third-order valence-electron chi connectivity index (χ3n) is 3.06. The van der Waals surface area contributed by atoms with Crippen molar-refractivity contribution < 1.29 is 9.47 Å². The quantitative estimate of drug-likeness (QED) is 0.700. The molecule has 0 spiro atoms. The Hall–Kier alpha value is -1.77. The molecule has 0 aliphatic carbocycles. The van der Waals surface area contributed by atoms with Gasteiger partial charge >= 0.3 is 0 Å². The summed E-state index contributed by atoms with van der Waals surface area (Å²) >= 11 is 0. The minimum Gasteiger partial charge on any atom is -0.486 e. The van der Waals surface area contributed by atoms with Crippen LogP contribution in [0.5, 0.6) is 11.5 Å². The van der Waals surface area contributed by atoms with E-state index in [4.69, 9.17) is 9.47 Å². The zero-order chi connectivity index (χ0) is 15.1. The number of aryl methyl sites for hydroxylation is 2. The van der Waals surface area contributed by atoms with Gasteiger partial charge in [-0.2, -0.15) is 0 Å². The Morgan fingerprint density at radius 3 is 2.05 bits per heavy atom. The average molecular weight is 275 g/mol. The molecule has 0 unspecified atom stereocenters. The normalized spacial score (nSPS) is 11.9. The predicted octanol–water partition coefficient (Wildman–Crippen LogP) is 4.68. The third-order valence-corrected chi connectivity index (χ3v) is 3.06. The Morgan fingerprint density at radius 1 is 0.900 bits per heavy atom. The first-order valence-corrected chi connectivity index (χ1v) is 7.41. The number of aromatic nitrogens is 1. The van der Waals surface area contributed by atoms with E-state index in [1.807, 2.05) is 52.9 Å². The van der Waals surface area contributed by atoms with E-state index in [-0.39, 0.29) is 0 Å². The number of hydrogen-bond acceptors (Lipinski definition) is 3. The lowest BCUT2D eigenvalue weighted by atomic mass is 10.1. The lowest BCUT2D eigenvalue weighted by Crippen LogP contribution is -2.15. The zero-order valence-corrected chi connectivity index (χ0v) is 13.4. The lowest BCUT2D eigenvalue weighted by molar-refractivity contribution is 0.172. The van der Waals surface area contributed by atoms with Gasteiger partial charge in [-0.25, -0.2) is 0 Å². The molecule has 0 fully saturated rings. The van der Waals surface area contributed by atoms with Crippen molar-refractivity contribution in [3.8, 4) is 11.5 Å². The van der Waals surface area contributed by atoms with Crippen LogP contribution in [-0.2, 0) is 0 Å². The summed E-state index contributed by atoms with van der Waals surface area (Å²) in [6, 6.07) is 4.05. The van der Waals surface area contributed by atoms with Crippen LogP contribution in [0.3, 0.4) is 0 Å². The maximum absolute atomic E-state index is 5.58. The van der Waals surface area contributed by atoms with E-state index in [1.165, 1.54) is 10.9 Å². The second-order valence-electron chi connectivity index (χ2n) is 4.05. The van der Waals surface area contributed by atoms with Crippen LogP contribution < -0.4 is 9.47 Å². The number of fused-ring (bicyclic) bond motifs is 2. The zero-order valence-electron chi connectivity index (χ0n) is 13.4. The molecule has 3 heteroatoms. The highest BCUT2D eigenvalue weighted by molar-refractivity contribution is 5.88. The molecule has 0 radical (unpaired) electrons. The fourth-order valence-corrected chi connectivity index (χ4v) is 1.99. The van der Waals surface area contributed by atoms with Crippen molar-refractivity contribution in [1.82, 2.24) is 4.98 Å². The van der Waals surface area contributed by atoms with Crippen LogP contribution in [0, 0.1) is 13.8 Å². The van der Waals surface area contributed by atoms with Crippen molar-refractivity contribution in [3.05, 3.63) is 29.6 Å². The van der Waals surface area contributed by atoms with Crippen LogP contribution in [0.1, 0.15) is 39.0 Å². The topological polar surface area (TPSA) is 31.4 Å². The van der Waals surface area contributed by atoms with Gasteiger partial charge in [0.1, 0.15) is 13.2 Å². The number of nitrogens with zero attached hydrogens (tertiary/aromatic N) is 1. The van der Waals surface area contributed by atoms with Crippen molar-refractivity contribution >= 4 is 10.8 Å². The van der Waals surface area contributed by atoms with Crippen molar-refractivity contribution in [2.45, 2.75) is 41.5 Å². The molecule has 110 valence electrons. The Balaban J connectivity index is 0.000000461. The van der Waals surface area contributed by atoms with Gasteiger partial charge in [-0.3, -0.25) is 4.98 Å². The highest BCUT2D eigenvalue weighted by atomic mass is 16.6. The molecule has 1 aliphatic rings. The van der Waals surface area contributed by atoms with Gasteiger partial charge in [-0.15, -0.1) is 0 Å². The maximum Gasteiger partial charge on any atom is 0.162 e. The molecule has 2 heterocycles. The fraction of sp³-hybridized carbons (Fsp3) is 0.471. The number of pyridine rings is 1. The summed E-state index contributed by atoms with van der Waals surface area (Å²) in [5.41, 5.74) is 2.26. The van der Waals surface area contributed by atoms with Crippen LogP contribution in [0.2, 0.25) is 0 Å². The van der Waals surface area contributed by atoms with Crippen molar-refractivity contribution in [2.75, 3.05) is 13.2 Å². The molecule has 1 aromatic heterocycles. The summed E-state index contributed by atoms with van der Waals surface area (Å²) in [7, 11) is 0. The van der Waals surface area contributed by atoms with Gasteiger partial charge in [0.15, 0.2) is 11.5 Å². The Bertz CT molecular complexity index is 564. The molecule has 0 N–H and O–H groups in total. The molecule has 20 heavy (non-hydrogen) atoms. The van der Waals surface area contributed by atoms with Gasteiger partial charge in [-0.05, 0) is 36.9 Å². The first-order valence-electron chi connectivity index (χ1n) is 7.41. The van der Waals surface area contributed by atoms with E-state index in [2.05, 4.69) is 11.9 Å². The summed E-state index contributed by atoms with van der Waals surface area (Å²) in [4.78, 5) is 4.36. The Morgan fingerprint density at radius 2 is 1.45 bits per heavy atom. The van der Waals surface area contributed by atoms with E-state index in [9.17, 15) is 0 Å². The molecular formula is C17H25NO2. The summed E-state index contributed by atoms with van der Waals surface area (Å²) in [6.07, 6.45) is 1.88. The average Bonchev–Trinajstić information content (AvgIpc) is 2.54. The molecule has 0 bridgehead atoms. The summed E-state index contributed by atoms with van der Waals surface area (Å²) < 4.78 is 11.1. The molecule has 3 rings (SSSR count). The molecule has 0 atom stereocenters. The Labute approximate surface area is 121 Å². The smallest absolute Gasteiger partial charge is 0.162 e. The first kappa shape index (κ1) is 16.3. The first-order chi connectivity index (χ1) is 9.75. The minimum absolute atomic E-state index is 0.622. The van der Waals surface area contributed by atoms with Crippen molar-refractivity contribution in [2.24, 2.45) is 0 Å². The molecular weight excluding hydrogens is 250 g/mol. The fourth-order valence-electron chi connectivity index (χ4n) is 1.99. The van der Waals surface area contributed by atoms with E-state index < -0.39 is 0 Å². The number of hydrogen-bond donors (Lipinski definition) is 0. The maximum atomic E-state index is 5.58. The van der Waals surface area contributed by atoms with E-state index in [1.54, 1.807) is 0 Å². The summed E-state index contributed by atoms with van der Waals surface area (Å²) in [5.74, 6) is 1.66. The number of ether oxygens (including phenoxy) is 2. The largest absolute Gasteiger partial charge is 0.486 e. The van der Waals surface area contributed by atoms with E-state index in [0.29, 0.717) is 13.2 Å². The molecule has 1 aromatic carbocycles. The minimum atomic E-state index is 0.622. The van der Waals surface area contributed by atoms with E-state index in [0.717, 1.165) is 22.6 Å². The molecule has 0 saturated carbocycles. The third kappa shape index (κ3) is 3.21. The van der Waals surface area contributed by atoms with Gasteiger partial charge < -0.3 is 9.47 Å². The molecule has 0 saturated heterocycles. The highest BCUT2D eigenvalue weighted by Gasteiger charge is 2.13. The molecule has 1 aliphatic heterocycles. The lowest BCUT2D eigenvalue weighted by Gasteiger charge is -2.19. The monoisotopic (exact) mass is 275 g/mol. The molecule has 2 aromatic rings. The van der Waals surface area contributed by atoms with Crippen LogP contribution in [0.4, 0.5) is 0 Å². The summed E-state index contributed by atoms with van der Waals surface area (Å²) in [5, 5.41) is 2.30. The summed E-state index contributed by atoms with van der Waals surface area (Å²) in [6.45, 7) is 13.4. The van der Waals surface area contributed by atoms with E-state index >= 15 is 0 Å². The Kier molecular flexibility index (Phi) is 6.29. The second kappa shape index (κ2) is 7.73. The van der Waals surface area contributed by atoms with Crippen LogP contribution >= 0.6 is 0 Å². The highest BCUT2D eigenvalue weighted by Crippen LogP contribution is 2.35. The number of benzene rings is 1. The standard InChI is InChI=1S/C13H13NO2.2C2H6/c1-8-9(2)14-7-10-5-12-13(6-11(8)10)16-4-3-15-12;2*1-2/h5-7H,3-4H2,1-2H3;2*1-2H3. The molecule has 0 amide bonds. The van der Waals surface area contributed by atoms with Gasteiger partial charge in [0.05, 0.1) is 0 Å². The van der Waals surface area contributed by atoms with Crippen molar-refractivity contribution in [3.63, 3.8) is 0 Å².